The van der Waals surface area contributed by atoms with Gasteiger partial charge in [-0.2, -0.15) is 0 Å². The first-order valence-corrected chi connectivity index (χ1v) is 5.31. The van der Waals surface area contributed by atoms with E-state index in [0.29, 0.717) is 5.92 Å². The van der Waals surface area contributed by atoms with Gasteiger partial charge in [0, 0.05) is 13.2 Å². The molecule has 0 aromatic carbocycles. The predicted molar refractivity (Wildman–Crippen MR) is 54.1 cm³/mol. The molecule has 0 aliphatic carbocycles. The Morgan fingerprint density at radius 2 is 2.14 bits per heavy atom. The van der Waals surface area contributed by atoms with E-state index in [0.717, 1.165) is 32.6 Å². The summed E-state index contributed by atoms with van der Waals surface area (Å²) in [4.78, 5) is 0. The van der Waals surface area contributed by atoms with Crippen LogP contribution >= 0.6 is 0 Å². The van der Waals surface area contributed by atoms with Gasteiger partial charge in [0.05, 0.1) is 25.4 Å². The first-order valence-electron chi connectivity index (χ1n) is 5.31. The molecule has 0 aromatic rings. The first kappa shape index (κ1) is 11.9. The minimum absolute atomic E-state index is 0.0203. The molecule has 0 aromatic heterocycles. The van der Waals surface area contributed by atoms with Gasteiger partial charge in [0.1, 0.15) is 0 Å². The minimum Gasteiger partial charge on any atom is -0.394 e. The highest BCUT2D eigenvalue weighted by Crippen LogP contribution is 2.14. The van der Waals surface area contributed by atoms with Crippen LogP contribution < -0.4 is 5.32 Å². The molecule has 3 N–H and O–H groups in total. The number of aliphatic hydroxyl groups excluding tert-OH is 2. The van der Waals surface area contributed by atoms with Crippen molar-refractivity contribution in [1.82, 2.24) is 5.32 Å². The molecule has 1 saturated heterocycles. The fourth-order valence-corrected chi connectivity index (χ4v) is 1.62. The Bertz CT molecular complexity index is 145. The lowest BCUT2D eigenvalue weighted by Crippen LogP contribution is -2.52. The summed E-state index contributed by atoms with van der Waals surface area (Å²) in [7, 11) is 0. The molecule has 0 bridgehead atoms. The average molecular weight is 203 g/mol. The van der Waals surface area contributed by atoms with Crippen molar-refractivity contribution in [3.8, 4) is 0 Å². The second-order valence-electron chi connectivity index (χ2n) is 4.06. The molecule has 1 aliphatic rings. The second-order valence-corrected chi connectivity index (χ2v) is 4.06. The van der Waals surface area contributed by atoms with Crippen LogP contribution in [0.4, 0.5) is 0 Å². The van der Waals surface area contributed by atoms with E-state index in [1.165, 1.54) is 0 Å². The molecule has 0 radical (unpaired) electrons. The van der Waals surface area contributed by atoms with Crippen LogP contribution in [0.2, 0.25) is 0 Å². The number of hydrogen-bond donors (Lipinski definition) is 3. The van der Waals surface area contributed by atoms with Gasteiger partial charge in [0.15, 0.2) is 0 Å². The van der Waals surface area contributed by atoms with Crippen molar-refractivity contribution < 1.29 is 14.9 Å². The fraction of sp³-hybridized carbons (Fsp3) is 1.00. The summed E-state index contributed by atoms with van der Waals surface area (Å²) in [6, 6.07) is 0. The lowest BCUT2D eigenvalue weighted by atomic mass is 9.97. The Balaban J connectivity index is 2.31. The quantitative estimate of drug-likeness (QED) is 0.557. The third-order valence-electron chi connectivity index (χ3n) is 3.07. The topological polar surface area (TPSA) is 61.7 Å². The Morgan fingerprint density at radius 3 is 2.57 bits per heavy atom. The van der Waals surface area contributed by atoms with Crippen molar-refractivity contribution in [2.45, 2.75) is 25.3 Å². The predicted octanol–water partition coefficient (Wildman–Crippen LogP) is -0.254. The zero-order chi connectivity index (χ0) is 10.4. The monoisotopic (exact) mass is 203 g/mol. The molecular formula is C10H21NO3. The summed E-state index contributed by atoms with van der Waals surface area (Å²) < 4.78 is 5.26. The molecule has 1 aliphatic heterocycles. The first-order chi connectivity index (χ1) is 6.76. The van der Waals surface area contributed by atoms with E-state index in [2.05, 4.69) is 5.32 Å². The van der Waals surface area contributed by atoms with Crippen LogP contribution in [0.5, 0.6) is 0 Å². The summed E-state index contributed by atoms with van der Waals surface area (Å²) in [5.41, 5.74) is -0.511. The molecule has 4 nitrogen and oxygen atoms in total. The summed E-state index contributed by atoms with van der Waals surface area (Å²) in [6.45, 7) is 4.37. The highest BCUT2D eigenvalue weighted by Gasteiger charge is 2.27. The van der Waals surface area contributed by atoms with E-state index in [4.69, 9.17) is 4.74 Å². The number of hydrogen-bond acceptors (Lipinski definition) is 4. The smallest absolute Gasteiger partial charge is 0.0645 e. The van der Waals surface area contributed by atoms with E-state index in [1.807, 2.05) is 6.92 Å². The number of rotatable bonds is 6. The van der Waals surface area contributed by atoms with E-state index in [9.17, 15) is 10.2 Å². The van der Waals surface area contributed by atoms with Crippen LogP contribution in [0.15, 0.2) is 0 Å². The maximum absolute atomic E-state index is 9.20. The van der Waals surface area contributed by atoms with Crippen molar-refractivity contribution >= 4 is 0 Å². The molecule has 84 valence electrons. The van der Waals surface area contributed by atoms with Crippen molar-refractivity contribution in [3.05, 3.63) is 0 Å². The van der Waals surface area contributed by atoms with E-state index >= 15 is 0 Å². The standard InChI is InChI=1S/C10H21NO3/c1-2-10(7-12,8-13)11-5-9-3-4-14-6-9/h9,11-13H,2-8H2,1H3. The van der Waals surface area contributed by atoms with Gasteiger partial charge in [0.25, 0.3) is 0 Å². The van der Waals surface area contributed by atoms with Gasteiger partial charge in [-0.15, -0.1) is 0 Å². The van der Waals surface area contributed by atoms with Gasteiger partial charge < -0.3 is 20.3 Å². The van der Waals surface area contributed by atoms with Crippen LogP contribution in [0.1, 0.15) is 19.8 Å². The van der Waals surface area contributed by atoms with Crippen molar-refractivity contribution in [3.63, 3.8) is 0 Å². The molecule has 1 heterocycles. The zero-order valence-electron chi connectivity index (χ0n) is 8.83. The molecule has 0 saturated carbocycles. The maximum Gasteiger partial charge on any atom is 0.0645 e. The lowest BCUT2D eigenvalue weighted by molar-refractivity contribution is 0.0829. The summed E-state index contributed by atoms with van der Waals surface area (Å²) in [5.74, 6) is 0.527. The minimum atomic E-state index is -0.511. The summed E-state index contributed by atoms with van der Waals surface area (Å²) in [5, 5.41) is 21.6. The molecule has 0 spiro atoms. The highest BCUT2D eigenvalue weighted by atomic mass is 16.5. The molecule has 14 heavy (non-hydrogen) atoms. The molecule has 1 atom stereocenters. The van der Waals surface area contributed by atoms with Gasteiger partial charge in [-0.25, -0.2) is 0 Å². The summed E-state index contributed by atoms with van der Waals surface area (Å²) in [6.07, 6.45) is 1.80. The molecule has 1 unspecified atom stereocenters. The zero-order valence-corrected chi connectivity index (χ0v) is 8.83. The largest absolute Gasteiger partial charge is 0.394 e. The van der Waals surface area contributed by atoms with Crippen molar-refractivity contribution in [1.29, 1.82) is 0 Å². The molecular weight excluding hydrogens is 182 g/mol. The second kappa shape index (κ2) is 5.66. The fourth-order valence-electron chi connectivity index (χ4n) is 1.62. The lowest BCUT2D eigenvalue weighted by Gasteiger charge is -2.31. The van der Waals surface area contributed by atoms with Crippen molar-refractivity contribution in [2.24, 2.45) is 5.92 Å². The Labute approximate surface area is 85.3 Å². The van der Waals surface area contributed by atoms with Gasteiger partial charge >= 0.3 is 0 Å². The molecule has 1 rings (SSSR count). The Hall–Kier alpha value is -0.160. The number of aliphatic hydroxyl groups is 2. The highest BCUT2D eigenvalue weighted by molar-refractivity contribution is 4.86. The van der Waals surface area contributed by atoms with E-state index < -0.39 is 5.54 Å². The molecule has 0 amide bonds. The average Bonchev–Trinajstić information content (AvgIpc) is 2.74. The van der Waals surface area contributed by atoms with Crippen LogP contribution in [-0.2, 0) is 4.74 Å². The van der Waals surface area contributed by atoms with Gasteiger partial charge in [-0.05, 0) is 18.8 Å². The van der Waals surface area contributed by atoms with Crippen LogP contribution in [0.25, 0.3) is 0 Å². The number of nitrogens with one attached hydrogen (secondary N) is 1. The van der Waals surface area contributed by atoms with E-state index in [-0.39, 0.29) is 13.2 Å². The third kappa shape index (κ3) is 2.92. The Kier molecular flexibility index (Phi) is 4.81. The number of ether oxygens (including phenoxy) is 1. The van der Waals surface area contributed by atoms with Crippen LogP contribution in [0, 0.1) is 5.92 Å². The van der Waals surface area contributed by atoms with Crippen LogP contribution in [-0.4, -0.2) is 48.7 Å². The van der Waals surface area contributed by atoms with Gasteiger partial charge in [0.2, 0.25) is 0 Å². The van der Waals surface area contributed by atoms with Crippen LogP contribution in [0.3, 0.4) is 0 Å². The molecule has 4 heteroatoms. The molecule has 1 fully saturated rings. The van der Waals surface area contributed by atoms with E-state index in [1.54, 1.807) is 0 Å². The maximum atomic E-state index is 9.20. The normalized spacial score (nSPS) is 22.9. The van der Waals surface area contributed by atoms with Gasteiger partial charge in [-0.1, -0.05) is 6.92 Å². The summed E-state index contributed by atoms with van der Waals surface area (Å²) >= 11 is 0. The third-order valence-corrected chi connectivity index (χ3v) is 3.07. The van der Waals surface area contributed by atoms with Gasteiger partial charge in [-0.3, -0.25) is 0 Å². The Morgan fingerprint density at radius 1 is 1.43 bits per heavy atom. The SMILES string of the molecule is CCC(CO)(CO)NCC1CCOC1. The van der Waals surface area contributed by atoms with Crippen molar-refractivity contribution in [2.75, 3.05) is 33.0 Å².